The Labute approximate surface area is 94.2 Å². The van der Waals surface area contributed by atoms with Crippen molar-refractivity contribution in [2.24, 2.45) is 0 Å². The van der Waals surface area contributed by atoms with Crippen LogP contribution in [-0.4, -0.2) is 67.1 Å². The van der Waals surface area contributed by atoms with Gasteiger partial charge in [-0.15, -0.1) is 0 Å². The number of phosphoric ester groups is 1. The number of aliphatic hydroxyl groups is 5. The molecule has 0 radical (unpaired) electrons. The zero-order valence-electron chi connectivity index (χ0n) is 8.20. The molecule has 0 unspecified atom stereocenters. The predicted molar refractivity (Wildman–Crippen MR) is 45.9 cm³/mol. The Balaban J connectivity index is 2.28. The van der Waals surface area contributed by atoms with E-state index in [9.17, 15) is 25.0 Å². The first kappa shape index (κ1) is 13.3. The highest BCUT2D eigenvalue weighted by molar-refractivity contribution is 7.48. The van der Waals surface area contributed by atoms with Gasteiger partial charge in [0, 0.05) is 0 Å². The summed E-state index contributed by atoms with van der Waals surface area (Å²) in [6.45, 7) is -1.16. The van der Waals surface area contributed by atoms with Crippen LogP contribution in [0.3, 0.4) is 0 Å². The maximum absolute atomic E-state index is 10.8. The highest BCUT2D eigenvalue weighted by Crippen LogP contribution is 2.64. The summed E-state index contributed by atoms with van der Waals surface area (Å²) in [6, 6.07) is 0. The number of aliphatic hydroxyl groups excluding tert-OH is 4. The quantitative estimate of drug-likeness (QED) is 0.265. The second-order valence-electron chi connectivity index (χ2n) is 3.74. The fourth-order valence-electron chi connectivity index (χ4n) is 1.62. The summed E-state index contributed by atoms with van der Waals surface area (Å²) in [4.78, 5) is 8.78. The van der Waals surface area contributed by atoms with Gasteiger partial charge in [-0.25, -0.2) is 13.6 Å². The lowest BCUT2D eigenvalue weighted by Crippen LogP contribution is -2.74. The third kappa shape index (κ3) is 1.83. The Morgan fingerprint density at radius 2 is 1.71 bits per heavy atom. The lowest BCUT2D eigenvalue weighted by molar-refractivity contribution is -0.506. The Kier molecular flexibility index (Phi) is 2.88. The van der Waals surface area contributed by atoms with Gasteiger partial charge in [-0.3, -0.25) is 4.74 Å². The van der Waals surface area contributed by atoms with Gasteiger partial charge in [0.25, 0.3) is 0 Å². The first-order valence-electron chi connectivity index (χ1n) is 4.48. The Bertz CT molecular complexity index is 362. The van der Waals surface area contributed by atoms with Crippen molar-refractivity contribution >= 4 is 7.82 Å². The van der Waals surface area contributed by atoms with Crippen LogP contribution in [-0.2, 0) is 18.3 Å². The Hall–Kier alpha value is -0.130. The summed E-state index contributed by atoms with van der Waals surface area (Å²) >= 11 is 0. The molecule has 2 saturated heterocycles. The predicted octanol–water partition coefficient (Wildman–Crippen LogP) is -3.42. The summed E-state index contributed by atoms with van der Waals surface area (Å²) in [5, 5.41) is 46.7. The van der Waals surface area contributed by atoms with Crippen LogP contribution in [0.4, 0.5) is 0 Å². The van der Waals surface area contributed by atoms with Gasteiger partial charge in [0.1, 0.15) is 18.8 Å². The van der Waals surface area contributed by atoms with Crippen molar-refractivity contribution in [2.75, 3.05) is 6.61 Å². The van der Waals surface area contributed by atoms with Crippen LogP contribution in [0.25, 0.3) is 0 Å². The molecule has 10 nitrogen and oxygen atoms in total. The van der Waals surface area contributed by atoms with Crippen LogP contribution in [0.2, 0.25) is 0 Å². The molecule has 0 aromatic carbocycles. The molecular weight excluding hydrogens is 263 g/mol. The molecule has 1 spiro atoms. The Morgan fingerprint density at radius 1 is 1.18 bits per heavy atom. The molecule has 17 heavy (non-hydrogen) atoms. The van der Waals surface area contributed by atoms with E-state index in [2.05, 4.69) is 13.8 Å². The molecule has 2 fully saturated rings. The van der Waals surface area contributed by atoms with E-state index in [4.69, 9.17) is 10.00 Å². The summed E-state index contributed by atoms with van der Waals surface area (Å²) < 4.78 is 23.9. The monoisotopic (exact) mass is 274 g/mol. The second kappa shape index (κ2) is 3.68. The molecule has 11 heteroatoms. The van der Waals surface area contributed by atoms with Gasteiger partial charge < -0.3 is 30.4 Å². The van der Waals surface area contributed by atoms with E-state index in [1.54, 1.807) is 0 Å². The van der Waals surface area contributed by atoms with Crippen molar-refractivity contribution in [3.05, 3.63) is 0 Å². The van der Waals surface area contributed by atoms with Gasteiger partial charge in [0.15, 0.2) is 6.10 Å². The molecule has 0 aromatic rings. The highest BCUT2D eigenvalue weighted by Gasteiger charge is 2.71. The highest BCUT2D eigenvalue weighted by atomic mass is 31.2. The summed E-state index contributed by atoms with van der Waals surface area (Å²) in [6.07, 6.45) is -6.11. The minimum absolute atomic E-state index is 1.16. The minimum atomic E-state index is -4.42. The van der Waals surface area contributed by atoms with Crippen molar-refractivity contribution < 1.29 is 48.8 Å². The minimum Gasteiger partial charge on any atom is -0.391 e. The largest absolute Gasteiger partial charge is 0.481 e. The molecule has 0 aromatic heterocycles. The van der Waals surface area contributed by atoms with Gasteiger partial charge >= 0.3 is 13.8 Å². The molecule has 0 amide bonds. The molecule has 0 aliphatic carbocycles. The van der Waals surface area contributed by atoms with Crippen LogP contribution < -0.4 is 0 Å². The standard InChI is InChI=1S/C6H11O10P/c7-1-5(11)3(9)2(8)4(10)6(14-5)15-17(12,13)16-6/h2-4,7-11H,1H2,(H,12,13)/t2-,3-,4-,5-/m0/s1. The average molecular weight is 274 g/mol. The van der Waals surface area contributed by atoms with E-state index in [0.29, 0.717) is 0 Å². The van der Waals surface area contributed by atoms with Crippen LogP contribution >= 0.6 is 7.82 Å². The number of hydrogen-bond acceptors (Lipinski definition) is 9. The fraction of sp³-hybridized carbons (Fsp3) is 1.00. The number of hydrogen-bond donors (Lipinski definition) is 6. The van der Waals surface area contributed by atoms with E-state index in [1.165, 1.54) is 0 Å². The summed E-state index contributed by atoms with van der Waals surface area (Å²) in [5.74, 6) is -5.29. The van der Waals surface area contributed by atoms with E-state index in [0.717, 1.165) is 0 Å². The molecule has 2 heterocycles. The molecule has 100 valence electrons. The van der Waals surface area contributed by atoms with Crippen molar-refractivity contribution in [3.63, 3.8) is 0 Å². The van der Waals surface area contributed by atoms with Gasteiger partial charge in [0.05, 0.1) is 0 Å². The van der Waals surface area contributed by atoms with Crippen LogP contribution in [0.1, 0.15) is 0 Å². The topological polar surface area (TPSA) is 166 Å². The summed E-state index contributed by atoms with van der Waals surface area (Å²) in [5.41, 5.74) is 0. The zero-order chi connectivity index (χ0) is 13.1. The van der Waals surface area contributed by atoms with Crippen LogP contribution in [0, 0.1) is 0 Å². The van der Waals surface area contributed by atoms with Crippen molar-refractivity contribution in [1.82, 2.24) is 0 Å². The Morgan fingerprint density at radius 3 is 2.12 bits per heavy atom. The summed E-state index contributed by atoms with van der Waals surface area (Å²) in [7, 11) is -4.42. The van der Waals surface area contributed by atoms with Crippen molar-refractivity contribution in [1.29, 1.82) is 0 Å². The maximum atomic E-state index is 10.8. The average Bonchev–Trinajstić information content (AvgIpc) is 2.21. The third-order valence-electron chi connectivity index (χ3n) is 2.50. The molecule has 0 saturated carbocycles. The molecule has 2 rings (SSSR count). The number of phosphoric acid groups is 1. The molecule has 4 atom stereocenters. The SMILES string of the molecule is O=P1(O)OC2(O[C@@](O)(CO)[C@@H](O)[C@H](O)[C@@H]2O)O1. The maximum Gasteiger partial charge on any atom is 0.481 e. The first-order valence-corrected chi connectivity index (χ1v) is 5.97. The van der Waals surface area contributed by atoms with E-state index in [-0.39, 0.29) is 0 Å². The van der Waals surface area contributed by atoms with E-state index >= 15 is 0 Å². The molecule has 6 N–H and O–H groups in total. The van der Waals surface area contributed by atoms with Gasteiger partial charge in [-0.05, 0) is 0 Å². The zero-order valence-corrected chi connectivity index (χ0v) is 9.10. The van der Waals surface area contributed by atoms with Crippen LogP contribution in [0.15, 0.2) is 0 Å². The van der Waals surface area contributed by atoms with Gasteiger partial charge in [-0.1, -0.05) is 0 Å². The van der Waals surface area contributed by atoms with Crippen molar-refractivity contribution in [3.8, 4) is 0 Å². The van der Waals surface area contributed by atoms with Gasteiger partial charge in [0.2, 0.25) is 5.79 Å². The third-order valence-corrected chi connectivity index (χ3v) is 3.47. The number of ether oxygens (including phenoxy) is 1. The lowest BCUT2D eigenvalue weighted by Gasteiger charge is -2.54. The molecular formula is C6H11O10P. The van der Waals surface area contributed by atoms with E-state index in [1.807, 2.05) is 0 Å². The molecule has 2 aliphatic heterocycles. The first-order chi connectivity index (χ1) is 7.66. The smallest absolute Gasteiger partial charge is 0.391 e. The number of rotatable bonds is 1. The van der Waals surface area contributed by atoms with E-state index < -0.39 is 44.5 Å². The van der Waals surface area contributed by atoms with Crippen LogP contribution in [0.5, 0.6) is 0 Å². The molecule has 2 aliphatic rings. The fourth-order valence-corrected chi connectivity index (χ4v) is 2.56. The van der Waals surface area contributed by atoms with Crippen molar-refractivity contribution in [2.45, 2.75) is 30.1 Å². The lowest BCUT2D eigenvalue weighted by atomic mass is 9.95. The normalized spacial score (nSPS) is 59.1. The molecule has 0 bridgehead atoms. The van der Waals surface area contributed by atoms with Gasteiger partial charge in [-0.2, -0.15) is 0 Å². The second-order valence-corrected chi connectivity index (χ2v) is 5.04.